The number of aliphatic hydroxyl groups is 1. The van der Waals surface area contributed by atoms with Crippen LogP contribution in [0, 0.1) is 11.8 Å². The molecule has 1 heterocycles. The van der Waals surface area contributed by atoms with E-state index in [0.29, 0.717) is 16.9 Å². The molecule has 0 bridgehead atoms. The number of aliphatic hydroxyl groups excluding tert-OH is 1. The van der Waals surface area contributed by atoms with E-state index in [1.165, 1.54) is 0 Å². The summed E-state index contributed by atoms with van der Waals surface area (Å²) in [6, 6.07) is 5.64. The number of benzene rings is 1. The van der Waals surface area contributed by atoms with Gasteiger partial charge in [0.2, 0.25) is 0 Å². The Kier molecular flexibility index (Phi) is 2.68. The van der Waals surface area contributed by atoms with Gasteiger partial charge in [-0.15, -0.1) is 0 Å². The van der Waals surface area contributed by atoms with E-state index in [1.807, 2.05) is 12.1 Å². The van der Waals surface area contributed by atoms with Crippen molar-refractivity contribution in [3.63, 3.8) is 0 Å². The molecule has 0 radical (unpaired) electrons. The van der Waals surface area contributed by atoms with Gasteiger partial charge in [-0.25, -0.2) is 0 Å². The summed E-state index contributed by atoms with van der Waals surface area (Å²) in [5.74, 6) is 1.05. The molecule has 4 heteroatoms. The molecule has 1 aliphatic carbocycles. The summed E-state index contributed by atoms with van der Waals surface area (Å²) in [6.45, 7) is 1.92. The van der Waals surface area contributed by atoms with Gasteiger partial charge in [0.1, 0.15) is 0 Å². The Balaban J connectivity index is 1.83. The van der Waals surface area contributed by atoms with Gasteiger partial charge in [-0.05, 0) is 37.0 Å². The second-order valence-corrected chi connectivity index (χ2v) is 5.61. The summed E-state index contributed by atoms with van der Waals surface area (Å²) in [4.78, 5) is 2.28. The largest absolute Gasteiger partial charge is 0.397 e. The van der Waals surface area contributed by atoms with Gasteiger partial charge in [0.05, 0.1) is 17.5 Å². The third-order valence-corrected chi connectivity index (χ3v) is 4.38. The van der Waals surface area contributed by atoms with Crippen molar-refractivity contribution in [3.05, 3.63) is 23.2 Å². The van der Waals surface area contributed by atoms with Gasteiger partial charge in [0.15, 0.2) is 0 Å². The van der Waals surface area contributed by atoms with Crippen LogP contribution < -0.4 is 10.6 Å². The summed E-state index contributed by atoms with van der Waals surface area (Å²) < 4.78 is 0. The maximum Gasteiger partial charge on any atom is 0.0601 e. The molecule has 17 heavy (non-hydrogen) atoms. The zero-order valence-corrected chi connectivity index (χ0v) is 10.4. The molecule has 0 aromatic heterocycles. The molecule has 1 saturated heterocycles. The van der Waals surface area contributed by atoms with Gasteiger partial charge >= 0.3 is 0 Å². The summed E-state index contributed by atoms with van der Waals surface area (Å²) in [5.41, 5.74) is 7.78. The Morgan fingerprint density at radius 3 is 2.82 bits per heavy atom. The molecule has 0 spiro atoms. The molecule has 1 saturated carbocycles. The van der Waals surface area contributed by atoms with E-state index in [4.69, 9.17) is 17.3 Å². The van der Waals surface area contributed by atoms with Crippen molar-refractivity contribution in [3.8, 4) is 0 Å². The Morgan fingerprint density at radius 2 is 2.12 bits per heavy atom. The average Bonchev–Trinajstić information content (AvgIpc) is 2.81. The minimum absolute atomic E-state index is 0.126. The zero-order chi connectivity index (χ0) is 12.0. The molecule has 92 valence electrons. The number of hydrogen-bond acceptors (Lipinski definition) is 3. The molecule has 3 rings (SSSR count). The lowest BCUT2D eigenvalue weighted by Gasteiger charge is -2.22. The van der Waals surface area contributed by atoms with E-state index in [0.717, 1.165) is 37.3 Å². The zero-order valence-electron chi connectivity index (χ0n) is 9.64. The molecule has 3 unspecified atom stereocenters. The molecule has 3 N–H and O–H groups in total. The van der Waals surface area contributed by atoms with Crippen molar-refractivity contribution in [1.29, 1.82) is 0 Å². The number of fused-ring (bicyclic) bond motifs is 1. The number of nitrogens with two attached hydrogens (primary N) is 1. The average molecular weight is 253 g/mol. The summed E-state index contributed by atoms with van der Waals surface area (Å²) in [5, 5.41) is 10.6. The Hall–Kier alpha value is -0.930. The van der Waals surface area contributed by atoms with E-state index in [9.17, 15) is 5.11 Å². The van der Waals surface area contributed by atoms with Crippen molar-refractivity contribution in [2.24, 2.45) is 11.8 Å². The van der Waals surface area contributed by atoms with Crippen LogP contribution in [0.5, 0.6) is 0 Å². The molecule has 0 amide bonds. The predicted octanol–water partition coefficient (Wildman–Crippen LogP) is 2.13. The minimum atomic E-state index is -0.126. The van der Waals surface area contributed by atoms with Gasteiger partial charge in [-0.1, -0.05) is 11.6 Å². The number of halogens is 1. The molecular formula is C13H17ClN2O. The van der Waals surface area contributed by atoms with Gasteiger partial charge in [-0.3, -0.25) is 0 Å². The Morgan fingerprint density at radius 1 is 1.29 bits per heavy atom. The second kappa shape index (κ2) is 4.07. The topological polar surface area (TPSA) is 49.5 Å². The van der Waals surface area contributed by atoms with Gasteiger partial charge in [0.25, 0.3) is 0 Å². The normalized spacial score (nSPS) is 31.9. The molecule has 3 nitrogen and oxygen atoms in total. The molecule has 2 aliphatic rings. The summed E-state index contributed by atoms with van der Waals surface area (Å²) in [7, 11) is 0. The second-order valence-electron chi connectivity index (χ2n) is 5.18. The highest BCUT2D eigenvalue weighted by Crippen LogP contribution is 2.41. The summed E-state index contributed by atoms with van der Waals surface area (Å²) >= 11 is 5.90. The van der Waals surface area contributed by atoms with Crippen LogP contribution in [0.4, 0.5) is 11.4 Å². The van der Waals surface area contributed by atoms with Crippen molar-refractivity contribution in [2.45, 2.75) is 18.9 Å². The van der Waals surface area contributed by atoms with Crippen molar-refractivity contribution in [2.75, 3.05) is 23.7 Å². The van der Waals surface area contributed by atoms with Crippen LogP contribution in [0.15, 0.2) is 18.2 Å². The van der Waals surface area contributed by atoms with Crippen molar-refractivity contribution >= 4 is 23.0 Å². The first kappa shape index (κ1) is 11.2. The number of nitrogen functional groups attached to an aromatic ring is 1. The number of anilines is 2. The fraction of sp³-hybridized carbons (Fsp3) is 0.538. The predicted molar refractivity (Wildman–Crippen MR) is 70.3 cm³/mol. The standard InChI is InChI=1S/C13H17ClN2O/c14-9-2-3-12(11(15)5-9)16-6-8-1-4-13(17)10(8)7-16/h2-3,5,8,10,13,17H,1,4,6-7,15H2. The number of hydrogen-bond donors (Lipinski definition) is 2. The lowest BCUT2D eigenvalue weighted by Crippen LogP contribution is -2.25. The highest BCUT2D eigenvalue weighted by molar-refractivity contribution is 6.31. The quantitative estimate of drug-likeness (QED) is 0.753. The van der Waals surface area contributed by atoms with Crippen LogP contribution in [0.3, 0.4) is 0 Å². The molecule has 2 fully saturated rings. The van der Waals surface area contributed by atoms with E-state index in [1.54, 1.807) is 6.07 Å². The summed E-state index contributed by atoms with van der Waals surface area (Å²) in [6.07, 6.45) is 1.97. The fourth-order valence-corrected chi connectivity index (χ4v) is 3.43. The maximum atomic E-state index is 9.90. The van der Waals surface area contributed by atoms with Gasteiger partial charge < -0.3 is 15.7 Å². The highest BCUT2D eigenvalue weighted by Gasteiger charge is 2.42. The molecule has 1 aliphatic heterocycles. The van der Waals surface area contributed by atoms with Crippen LogP contribution in [0.25, 0.3) is 0 Å². The molecule has 1 aromatic carbocycles. The molecular weight excluding hydrogens is 236 g/mol. The first-order valence-electron chi connectivity index (χ1n) is 6.13. The van der Waals surface area contributed by atoms with Crippen molar-refractivity contribution in [1.82, 2.24) is 0 Å². The van der Waals surface area contributed by atoms with Gasteiger partial charge in [-0.2, -0.15) is 0 Å². The van der Waals surface area contributed by atoms with Crippen LogP contribution in [-0.2, 0) is 0 Å². The van der Waals surface area contributed by atoms with E-state index < -0.39 is 0 Å². The minimum Gasteiger partial charge on any atom is -0.397 e. The van der Waals surface area contributed by atoms with Crippen LogP contribution >= 0.6 is 11.6 Å². The third-order valence-electron chi connectivity index (χ3n) is 4.15. The van der Waals surface area contributed by atoms with Crippen LogP contribution in [0.2, 0.25) is 5.02 Å². The van der Waals surface area contributed by atoms with Gasteiger partial charge in [0, 0.05) is 24.0 Å². The first-order chi connectivity index (χ1) is 8.15. The van der Waals surface area contributed by atoms with Crippen LogP contribution in [0.1, 0.15) is 12.8 Å². The van der Waals surface area contributed by atoms with Crippen LogP contribution in [-0.4, -0.2) is 24.3 Å². The van der Waals surface area contributed by atoms with E-state index in [-0.39, 0.29) is 6.10 Å². The molecule has 1 aromatic rings. The van der Waals surface area contributed by atoms with E-state index in [2.05, 4.69) is 4.90 Å². The smallest absolute Gasteiger partial charge is 0.0601 e. The van der Waals surface area contributed by atoms with Crippen molar-refractivity contribution < 1.29 is 5.11 Å². The molecule has 3 atom stereocenters. The SMILES string of the molecule is Nc1cc(Cl)ccc1N1CC2CCC(O)C2C1. The fourth-order valence-electron chi connectivity index (χ4n) is 3.25. The van der Waals surface area contributed by atoms with E-state index >= 15 is 0 Å². The maximum absolute atomic E-state index is 9.90. The monoisotopic (exact) mass is 252 g/mol. The first-order valence-corrected chi connectivity index (χ1v) is 6.51. The lowest BCUT2D eigenvalue weighted by molar-refractivity contribution is 0.133. The third kappa shape index (κ3) is 1.87. The Bertz CT molecular complexity index is 437. The number of nitrogens with zero attached hydrogens (tertiary/aromatic N) is 1. The lowest BCUT2D eigenvalue weighted by atomic mass is 10.00. The number of rotatable bonds is 1. The highest BCUT2D eigenvalue weighted by atomic mass is 35.5. The Labute approximate surface area is 106 Å².